The first-order chi connectivity index (χ1) is 10.2. The van der Waals surface area contributed by atoms with Crippen LogP contribution in [-0.4, -0.2) is 50.1 Å². The Morgan fingerprint density at radius 1 is 1.48 bits per heavy atom. The summed E-state index contributed by atoms with van der Waals surface area (Å²) in [4.78, 5) is 14.5. The van der Waals surface area contributed by atoms with E-state index in [0.29, 0.717) is 13.1 Å². The van der Waals surface area contributed by atoms with Gasteiger partial charge < -0.3 is 15.4 Å². The van der Waals surface area contributed by atoms with E-state index < -0.39 is 0 Å². The first kappa shape index (κ1) is 15.8. The van der Waals surface area contributed by atoms with Crippen LogP contribution in [0.2, 0.25) is 0 Å². The Balaban J connectivity index is 2.13. The predicted octanol–water partition coefficient (Wildman–Crippen LogP) is 1.17. The van der Waals surface area contributed by atoms with E-state index in [-0.39, 0.29) is 18.0 Å². The summed E-state index contributed by atoms with van der Waals surface area (Å²) < 4.78 is 5.20. The van der Waals surface area contributed by atoms with Crippen molar-refractivity contribution in [2.45, 2.75) is 25.9 Å². The van der Waals surface area contributed by atoms with Crippen LogP contribution in [0.1, 0.15) is 25.5 Å². The molecule has 0 bridgehead atoms. The van der Waals surface area contributed by atoms with Crippen LogP contribution in [0.15, 0.2) is 24.3 Å². The molecule has 0 radical (unpaired) electrons. The average Bonchev–Trinajstić information content (AvgIpc) is 2.54. The third-order valence-electron chi connectivity index (χ3n) is 4.03. The lowest BCUT2D eigenvalue weighted by molar-refractivity contribution is -0.128. The largest absolute Gasteiger partial charge is 0.497 e. The van der Waals surface area contributed by atoms with Gasteiger partial charge in [0.15, 0.2) is 0 Å². The Hall–Kier alpha value is -1.59. The molecule has 21 heavy (non-hydrogen) atoms. The van der Waals surface area contributed by atoms with Crippen LogP contribution in [0.3, 0.4) is 0 Å². The molecule has 1 amide bonds. The summed E-state index contributed by atoms with van der Waals surface area (Å²) >= 11 is 0. The molecule has 116 valence electrons. The van der Waals surface area contributed by atoms with Gasteiger partial charge in [0.1, 0.15) is 11.8 Å². The molecule has 2 atom stereocenters. The molecule has 5 heteroatoms. The Morgan fingerprint density at radius 2 is 2.19 bits per heavy atom. The van der Waals surface area contributed by atoms with Crippen LogP contribution in [0, 0.1) is 0 Å². The lowest BCUT2D eigenvalue weighted by Gasteiger charge is -2.39. The van der Waals surface area contributed by atoms with Gasteiger partial charge >= 0.3 is 0 Å². The topological polar surface area (TPSA) is 53.6 Å². The number of methoxy groups -OCH3 is 1. The van der Waals surface area contributed by atoms with E-state index in [1.165, 1.54) is 5.56 Å². The Bertz CT molecular complexity index is 461. The number of carbonyl (C=O) groups is 1. The minimum absolute atomic E-state index is 0.102. The first-order valence-electron chi connectivity index (χ1n) is 7.55. The van der Waals surface area contributed by atoms with Gasteiger partial charge in [-0.2, -0.15) is 0 Å². The average molecular weight is 291 g/mol. The quantitative estimate of drug-likeness (QED) is 0.855. The molecule has 1 saturated heterocycles. The van der Waals surface area contributed by atoms with Crippen molar-refractivity contribution in [2.24, 2.45) is 0 Å². The summed E-state index contributed by atoms with van der Waals surface area (Å²) in [5.74, 6) is 0.955. The molecular weight excluding hydrogens is 266 g/mol. The molecule has 0 aliphatic carbocycles. The van der Waals surface area contributed by atoms with E-state index in [9.17, 15) is 4.79 Å². The maximum absolute atomic E-state index is 12.2. The Morgan fingerprint density at radius 3 is 2.81 bits per heavy atom. The van der Waals surface area contributed by atoms with Crippen LogP contribution in [0.4, 0.5) is 0 Å². The molecule has 0 spiro atoms. The molecule has 1 aliphatic rings. The van der Waals surface area contributed by atoms with Crippen molar-refractivity contribution in [3.63, 3.8) is 0 Å². The second-order valence-electron chi connectivity index (χ2n) is 5.30. The number of hydrogen-bond acceptors (Lipinski definition) is 4. The van der Waals surface area contributed by atoms with E-state index in [2.05, 4.69) is 34.6 Å². The summed E-state index contributed by atoms with van der Waals surface area (Å²) in [5, 5.41) is 6.24. The molecule has 2 unspecified atom stereocenters. The van der Waals surface area contributed by atoms with Crippen LogP contribution in [0.25, 0.3) is 0 Å². The number of benzene rings is 1. The van der Waals surface area contributed by atoms with Gasteiger partial charge in [-0.25, -0.2) is 0 Å². The van der Waals surface area contributed by atoms with Gasteiger partial charge in [-0.3, -0.25) is 9.69 Å². The summed E-state index contributed by atoms with van der Waals surface area (Å²) in [5.41, 5.74) is 1.20. The predicted molar refractivity (Wildman–Crippen MR) is 83.5 cm³/mol. The number of rotatable bonds is 5. The smallest absolute Gasteiger partial charge is 0.238 e. The highest BCUT2D eigenvalue weighted by Crippen LogP contribution is 2.25. The summed E-state index contributed by atoms with van der Waals surface area (Å²) in [7, 11) is 1.67. The summed E-state index contributed by atoms with van der Waals surface area (Å²) in [6.45, 7) is 7.25. The number of likely N-dealkylation sites (N-methyl/N-ethyl adjacent to an activating group) is 1. The van der Waals surface area contributed by atoms with Crippen LogP contribution in [0.5, 0.6) is 5.75 Å². The third kappa shape index (κ3) is 3.74. The summed E-state index contributed by atoms with van der Waals surface area (Å²) in [6.07, 6.45) is 0. The lowest BCUT2D eigenvalue weighted by atomic mass is 10.0. The molecule has 5 nitrogen and oxygen atoms in total. The van der Waals surface area contributed by atoms with Gasteiger partial charge in [-0.05, 0) is 31.5 Å². The van der Waals surface area contributed by atoms with Crippen molar-refractivity contribution in [3.8, 4) is 5.75 Å². The fourth-order valence-electron chi connectivity index (χ4n) is 2.79. The molecule has 1 aromatic carbocycles. The van der Waals surface area contributed by atoms with E-state index in [0.717, 1.165) is 18.8 Å². The zero-order valence-corrected chi connectivity index (χ0v) is 13.1. The second-order valence-corrected chi connectivity index (χ2v) is 5.30. The maximum Gasteiger partial charge on any atom is 0.238 e. The number of ether oxygens (including phenoxy) is 1. The number of carbonyl (C=O) groups excluding carboxylic acids is 1. The number of hydrogen-bond donors (Lipinski definition) is 2. The highest BCUT2D eigenvalue weighted by molar-refractivity contribution is 5.82. The first-order valence-corrected chi connectivity index (χ1v) is 7.55. The molecular formula is C16H25N3O2. The zero-order valence-electron chi connectivity index (χ0n) is 13.1. The van der Waals surface area contributed by atoms with Crippen molar-refractivity contribution in [3.05, 3.63) is 29.8 Å². The number of nitrogens with zero attached hydrogens (tertiary/aromatic N) is 1. The molecule has 1 heterocycles. The fourth-order valence-corrected chi connectivity index (χ4v) is 2.79. The summed E-state index contributed by atoms with van der Waals surface area (Å²) in [6, 6.07) is 8.16. The molecule has 1 aromatic rings. The van der Waals surface area contributed by atoms with Gasteiger partial charge in [-0.1, -0.05) is 12.1 Å². The van der Waals surface area contributed by atoms with Crippen LogP contribution in [-0.2, 0) is 4.79 Å². The maximum atomic E-state index is 12.2. The van der Waals surface area contributed by atoms with Gasteiger partial charge in [-0.15, -0.1) is 0 Å². The van der Waals surface area contributed by atoms with Crippen LogP contribution >= 0.6 is 0 Å². The zero-order chi connectivity index (χ0) is 15.2. The normalized spacial score (nSPS) is 20.8. The lowest BCUT2D eigenvalue weighted by Crippen LogP contribution is -2.58. The van der Waals surface area contributed by atoms with E-state index in [1.807, 2.05) is 19.1 Å². The van der Waals surface area contributed by atoms with E-state index in [1.54, 1.807) is 7.11 Å². The van der Waals surface area contributed by atoms with Crippen molar-refractivity contribution in [1.29, 1.82) is 0 Å². The van der Waals surface area contributed by atoms with Crippen molar-refractivity contribution < 1.29 is 9.53 Å². The third-order valence-corrected chi connectivity index (χ3v) is 4.03. The number of nitrogens with one attached hydrogen (secondary N) is 2. The van der Waals surface area contributed by atoms with Crippen molar-refractivity contribution >= 4 is 5.91 Å². The highest BCUT2D eigenvalue weighted by atomic mass is 16.5. The van der Waals surface area contributed by atoms with Crippen molar-refractivity contribution in [1.82, 2.24) is 15.5 Å². The minimum Gasteiger partial charge on any atom is -0.497 e. The Kier molecular flexibility index (Phi) is 5.59. The standard InChI is InChI=1S/C16H25N3O2/c1-4-18-16(20)15-11-17-9-10-19(15)12(2)13-5-7-14(21-3)8-6-13/h5-8,12,15,17H,4,9-11H2,1-3H3,(H,18,20). The van der Waals surface area contributed by atoms with Gasteiger partial charge in [0.2, 0.25) is 5.91 Å². The van der Waals surface area contributed by atoms with Gasteiger partial charge in [0.25, 0.3) is 0 Å². The number of piperazine rings is 1. The monoisotopic (exact) mass is 291 g/mol. The fraction of sp³-hybridized carbons (Fsp3) is 0.562. The minimum atomic E-state index is -0.115. The molecule has 0 aromatic heterocycles. The highest BCUT2D eigenvalue weighted by Gasteiger charge is 2.31. The van der Waals surface area contributed by atoms with E-state index >= 15 is 0 Å². The van der Waals surface area contributed by atoms with Gasteiger partial charge in [0.05, 0.1) is 7.11 Å². The molecule has 2 rings (SSSR count). The second kappa shape index (κ2) is 7.43. The Labute approximate surface area is 126 Å². The molecule has 1 fully saturated rings. The molecule has 2 N–H and O–H groups in total. The van der Waals surface area contributed by atoms with Crippen LogP contribution < -0.4 is 15.4 Å². The van der Waals surface area contributed by atoms with Gasteiger partial charge in [0, 0.05) is 32.2 Å². The number of amides is 1. The molecule has 1 aliphatic heterocycles. The van der Waals surface area contributed by atoms with Crippen molar-refractivity contribution in [2.75, 3.05) is 33.3 Å². The molecule has 0 saturated carbocycles. The SMILES string of the molecule is CCNC(=O)C1CNCCN1C(C)c1ccc(OC)cc1. The van der Waals surface area contributed by atoms with E-state index in [4.69, 9.17) is 4.74 Å².